The number of carbonyl (C=O) groups excluding carboxylic acids is 1. The Hall–Kier alpha value is -2.06. The highest BCUT2D eigenvalue weighted by atomic mass is 16.2. The van der Waals surface area contributed by atoms with Crippen LogP contribution in [0.3, 0.4) is 0 Å². The van der Waals surface area contributed by atoms with Crippen molar-refractivity contribution >= 4 is 17.3 Å². The second-order valence-electron chi connectivity index (χ2n) is 3.70. The number of benzene rings is 1. The Bertz CT molecular complexity index is 477. The maximum Gasteiger partial charge on any atom is 0.248 e. The maximum absolute atomic E-state index is 11.7. The van der Waals surface area contributed by atoms with Crippen molar-refractivity contribution in [3.8, 4) is 6.07 Å². The molecule has 82 valence electrons. The fourth-order valence-corrected chi connectivity index (χ4v) is 1.84. The van der Waals surface area contributed by atoms with E-state index in [-0.39, 0.29) is 18.5 Å². The van der Waals surface area contributed by atoms with Crippen molar-refractivity contribution in [3.63, 3.8) is 0 Å². The number of nitrogens with zero attached hydrogens (tertiary/aromatic N) is 2. The van der Waals surface area contributed by atoms with Gasteiger partial charge in [0.2, 0.25) is 5.91 Å². The van der Waals surface area contributed by atoms with E-state index in [1.807, 2.05) is 24.1 Å². The lowest BCUT2D eigenvalue weighted by atomic mass is 10.1. The molecule has 0 fully saturated rings. The minimum atomic E-state index is -0.347. The lowest BCUT2D eigenvalue weighted by molar-refractivity contribution is -0.117. The van der Waals surface area contributed by atoms with Crippen molar-refractivity contribution in [3.05, 3.63) is 23.8 Å². The number of fused-ring (bicyclic) bond motifs is 1. The van der Waals surface area contributed by atoms with Crippen LogP contribution in [0.4, 0.5) is 11.4 Å². The van der Waals surface area contributed by atoms with E-state index in [0.717, 1.165) is 5.69 Å². The number of anilines is 2. The summed E-state index contributed by atoms with van der Waals surface area (Å²) in [5.41, 5.74) is 7.62. The monoisotopic (exact) mass is 216 g/mol. The minimum absolute atomic E-state index is 0.132. The van der Waals surface area contributed by atoms with Crippen molar-refractivity contribution < 1.29 is 4.79 Å². The maximum atomic E-state index is 11.7. The van der Waals surface area contributed by atoms with Crippen molar-refractivity contribution in [1.82, 2.24) is 0 Å². The average molecular weight is 216 g/mol. The molecular formula is C11H12N4O. The molecule has 16 heavy (non-hydrogen) atoms. The van der Waals surface area contributed by atoms with E-state index >= 15 is 0 Å². The molecule has 1 aromatic carbocycles. The summed E-state index contributed by atoms with van der Waals surface area (Å²) in [6.45, 7) is 0.266. The molecule has 3 N–H and O–H groups in total. The molecule has 0 aliphatic carbocycles. The first-order valence-electron chi connectivity index (χ1n) is 4.95. The summed E-state index contributed by atoms with van der Waals surface area (Å²) >= 11 is 0. The number of amides is 1. The Kier molecular flexibility index (Phi) is 2.50. The number of hydrogen-bond acceptors (Lipinski definition) is 4. The number of nitrogens with two attached hydrogens (primary N) is 1. The number of nitriles is 1. The topological polar surface area (TPSA) is 82.2 Å². The Balaban J connectivity index is 2.47. The molecule has 0 saturated heterocycles. The van der Waals surface area contributed by atoms with Gasteiger partial charge < -0.3 is 16.0 Å². The van der Waals surface area contributed by atoms with Gasteiger partial charge in [-0.25, -0.2) is 0 Å². The summed E-state index contributed by atoms with van der Waals surface area (Å²) in [6, 6.07) is 6.89. The van der Waals surface area contributed by atoms with Gasteiger partial charge in [-0.1, -0.05) is 0 Å². The van der Waals surface area contributed by atoms with Crippen LogP contribution < -0.4 is 16.0 Å². The SMILES string of the molecule is CN1c2ccc(C#N)cc2NC(=O)C1CN. The van der Waals surface area contributed by atoms with Crippen LogP contribution in [0, 0.1) is 11.3 Å². The summed E-state index contributed by atoms with van der Waals surface area (Å²) in [4.78, 5) is 13.5. The zero-order valence-corrected chi connectivity index (χ0v) is 8.90. The molecule has 0 spiro atoms. The first-order chi connectivity index (χ1) is 7.67. The standard InChI is InChI=1S/C11H12N4O/c1-15-9-3-2-7(5-12)4-8(9)14-11(16)10(15)6-13/h2-4,10H,6,13H2,1H3,(H,14,16). The molecular weight excluding hydrogens is 204 g/mol. The Morgan fingerprint density at radius 2 is 2.38 bits per heavy atom. The Labute approximate surface area is 93.5 Å². The highest BCUT2D eigenvalue weighted by molar-refractivity contribution is 6.03. The molecule has 5 nitrogen and oxygen atoms in total. The fraction of sp³-hybridized carbons (Fsp3) is 0.273. The number of nitrogens with one attached hydrogen (secondary N) is 1. The third kappa shape index (κ3) is 1.49. The van der Waals surface area contributed by atoms with Crippen LogP contribution in [0.2, 0.25) is 0 Å². The predicted octanol–water partition coefficient (Wildman–Crippen LogP) is 0.274. The van der Waals surface area contributed by atoms with Crippen LogP contribution in [-0.2, 0) is 4.79 Å². The van der Waals surface area contributed by atoms with Gasteiger partial charge in [-0.05, 0) is 18.2 Å². The lowest BCUT2D eigenvalue weighted by Gasteiger charge is -2.34. The second kappa shape index (κ2) is 3.83. The highest BCUT2D eigenvalue weighted by Crippen LogP contribution is 2.31. The molecule has 1 amide bonds. The van der Waals surface area contributed by atoms with Gasteiger partial charge in [0, 0.05) is 13.6 Å². The van der Waals surface area contributed by atoms with Crippen LogP contribution >= 0.6 is 0 Å². The van der Waals surface area contributed by atoms with Gasteiger partial charge >= 0.3 is 0 Å². The van der Waals surface area contributed by atoms with Crippen molar-refractivity contribution in [1.29, 1.82) is 5.26 Å². The Morgan fingerprint density at radius 3 is 3.00 bits per heavy atom. The number of likely N-dealkylation sites (N-methyl/N-ethyl adjacent to an activating group) is 1. The van der Waals surface area contributed by atoms with Crippen LogP contribution in [0.5, 0.6) is 0 Å². The summed E-state index contributed by atoms with van der Waals surface area (Å²) in [5.74, 6) is -0.132. The van der Waals surface area contributed by atoms with E-state index in [1.165, 1.54) is 0 Å². The third-order valence-electron chi connectivity index (χ3n) is 2.76. The summed E-state index contributed by atoms with van der Waals surface area (Å²) in [5, 5.41) is 11.5. The van der Waals surface area contributed by atoms with Crippen molar-refractivity contribution in [2.75, 3.05) is 23.8 Å². The summed E-state index contributed by atoms with van der Waals surface area (Å²) < 4.78 is 0. The van der Waals surface area contributed by atoms with Crippen LogP contribution in [0.15, 0.2) is 18.2 Å². The van der Waals surface area contributed by atoms with E-state index in [0.29, 0.717) is 11.3 Å². The lowest BCUT2D eigenvalue weighted by Crippen LogP contribution is -2.50. The molecule has 0 bridgehead atoms. The molecule has 0 aromatic heterocycles. The van der Waals surface area contributed by atoms with E-state index < -0.39 is 0 Å². The molecule has 1 heterocycles. The normalized spacial score (nSPS) is 18.7. The first kappa shape index (κ1) is 10.5. The molecule has 1 aliphatic heterocycles. The zero-order valence-electron chi connectivity index (χ0n) is 8.90. The third-order valence-corrected chi connectivity index (χ3v) is 2.76. The van der Waals surface area contributed by atoms with Gasteiger partial charge in [0.05, 0.1) is 23.0 Å². The molecule has 1 unspecified atom stereocenters. The Morgan fingerprint density at radius 1 is 1.62 bits per heavy atom. The van der Waals surface area contributed by atoms with Crippen LogP contribution in [0.1, 0.15) is 5.56 Å². The van der Waals surface area contributed by atoms with Crippen LogP contribution in [0.25, 0.3) is 0 Å². The van der Waals surface area contributed by atoms with Crippen molar-refractivity contribution in [2.24, 2.45) is 5.73 Å². The van der Waals surface area contributed by atoms with E-state index in [2.05, 4.69) is 5.32 Å². The molecule has 2 rings (SSSR count). The quantitative estimate of drug-likeness (QED) is 0.706. The van der Waals surface area contributed by atoms with Gasteiger partial charge in [-0.15, -0.1) is 0 Å². The van der Waals surface area contributed by atoms with Gasteiger partial charge in [0.1, 0.15) is 6.04 Å². The summed E-state index contributed by atoms with van der Waals surface area (Å²) in [7, 11) is 1.82. The van der Waals surface area contributed by atoms with Crippen LogP contribution in [-0.4, -0.2) is 25.5 Å². The molecule has 0 radical (unpaired) electrons. The highest BCUT2D eigenvalue weighted by Gasteiger charge is 2.29. The molecule has 1 aromatic rings. The van der Waals surface area contributed by atoms with E-state index in [9.17, 15) is 4.79 Å². The molecule has 5 heteroatoms. The van der Waals surface area contributed by atoms with Gasteiger partial charge in [0.25, 0.3) is 0 Å². The number of hydrogen-bond donors (Lipinski definition) is 2. The number of rotatable bonds is 1. The minimum Gasteiger partial charge on any atom is -0.360 e. The predicted molar refractivity (Wildman–Crippen MR) is 61.0 cm³/mol. The summed E-state index contributed by atoms with van der Waals surface area (Å²) in [6.07, 6.45) is 0. The van der Waals surface area contributed by atoms with E-state index in [4.69, 9.17) is 11.0 Å². The van der Waals surface area contributed by atoms with Gasteiger partial charge in [-0.2, -0.15) is 5.26 Å². The number of carbonyl (C=O) groups is 1. The van der Waals surface area contributed by atoms with Crippen molar-refractivity contribution in [2.45, 2.75) is 6.04 Å². The molecule has 1 aliphatic rings. The molecule has 1 atom stereocenters. The van der Waals surface area contributed by atoms with E-state index in [1.54, 1.807) is 12.1 Å². The van der Waals surface area contributed by atoms with Gasteiger partial charge in [-0.3, -0.25) is 4.79 Å². The average Bonchev–Trinajstić information content (AvgIpc) is 2.28. The fourth-order valence-electron chi connectivity index (χ4n) is 1.84. The first-order valence-corrected chi connectivity index (χ1v) is 4.95. The zero-order chi connectivity index (χ0) is 11.7. The smallest absolute Gasteiger partial charge is 0.248 e. The molecule has 0 saturated carbocycles. The largest absolute Gasteiger partial charge is 0.360 e. The van der Waals surface area contributed by atoms with Gasteiger partial charge in [0.15, 0.2) is 0 Å². The second-order valence-corrected chi connectivity index (χ2v) is 3.70.